The van der Waals surface area contributed by atoms with E-state index in [1.807, 2.05) is 6.07 Å². The van der Waals surface area contributed by atoms with E-state index in [-0.39, 0.29) is 24.5 Å². The lowest BCUT2D eigenvalue weighted by atomic mass is 10.0. The molecule has 0 amide bonds. The molecule has 0 unspecified atom stereocenters. The topological polar surface area (TPSA) is 0 Å². The molecule has 57 valence electrons. The number of benzene rings is 1. The van der Waals surface area contributed by atoms with E-state index in [0.29, 0.717) is 5.92 Å². The summed E-state index contributed by atoms with van der Waals surface area (Å²) in [5, 5.41) is 0. The molecule has 0 heterocycles. The van der Waals surface area contributed by atoms with Crippen molar-refractivity contribution in [3.63, 3.8) is 0 Å². The van der Waals surface area contributed by atoms with Crippen LogP contribution in [0.4, 0.5) is 0 Å². The molecule has 0 spiro atoms. The molecular weight excluding hydrogens is 144 g/mol. The third-order valence-electron chi connectivity index (χ3n) is 1.33. The van der Waals surface area contributed by atoms with Gasteiger partial charge in [-0.2, -0.15) is 0 Å². The van der Waals surface area contributed by atoms with E-state index in [1.54, 1.807) is 0 Å². The summed E-state index contributed by atoms with van der Waals surface area (Å²) in [5.41, 5.74) is 1.32. The van der Waals surface area contributed by atoms with Gasteiger partial charge in [0.2, 0.25) is 0 Å². The van der Waals surface area contributed by atoms with Crippen molar-refractivity contribution in [3.8, 4) is 0 Å². The van der Waals surface area contributed by atoms with Gasteiger partial charge in [0.15, 0.2) is 0 Å². The summed E-state index contributed by atoms with van der Waals surface area (Å²) in [7, 11) is 0. The second-order valence-electron chi connectivity index (χ2n) is 2.82. The van der Waals surface area contributed by atoms with Crippen LogP contribution in [0.2, 0.25) is 0 Å². The number of rotatable bonds is 2. The molecule has 0 aliphatic heterocycles. The van der Waals surface area contributed by atoms with Gasteiger partial charge in [-0.25, -0.2) is 0 Å². The van der Waals surface area contributed by atoms with Gasteiger partial charge in [0.1, 0.15) is 0 Å². The van der Waals surface area contributed by atoms with Crippen LogP contribution in [0, 0.1) is 12.3 Å². The van der Waals surface area contributed by atoms with Crippen molar-refractivity contribution in [1.29, 1.82) is 0 Å². The summed E-state index contributed by atoms with van der Waals surface area (Å²) in [6.45, 7) is 4.38. The van der Waals surface area contributed by atoms with E-state index in [4.69, 9.17) is 0 Å². The lowest BCUT2D eigenvalue weighted by Gasteiger charge is -2.01. The predicted octanol–water partition coefficient (Wildman–Crippen LogP) is 2.76. The van der Waals surface area contributed by atoms with Gasteiger partial charge in [-0.15, -0.1) is 0 Å². The van der Waals surface area contributed by atoms with Crippen molar-refractivity contribution in [2.45, 2.75) is 13.8 Å². The van der Waals surface area contributed by atoms with Gasteiger partial charge in [-0.3, -0.25) is 0 Å². The van der Waals surface area contributed by atoms with Crippen LogP contribution in [-0.4, -0.2) is 23.1 Å². The molecule has 0 saturated carbocycles. The third kappa shape index (κ3) is 4.43. The first-order valence-corrected chi connectivity index (χ1v) is 3.69. The zero-order valence-corrected chi connectivity index (χ0v) is 8.66. The first-order chi connectivity index (χ1) is 4.79. The molecule has 1 aromatic rings. The highest BCUT2D eigenvalue weighted by atomic mass is 24.3. The standard InChI is InChI=1S/C10H13.Mg.H2/c1-9(2)8-10-6-4-3-5-7-10;;/h3-9H,1-2H3;;1H. The molecule has 0 bridgehead atoms. The van der Waals surface area contributed by atoms with E-state index in [2.05, 4.69) is 44.5 Å². The van der Waals surface area contributed by atoms with E-state index >= 15 is 0 Å². The van der Waals surface area contributed by atoms with E-state index in [0.717, 1.165) is 0 Å². The average Bonchev–Trinajstić information content (AvgIpc) is 1.88. The van der Waals surface area contributed by atoms with Gasteiger partial charge >= 0.3 is 0 Å². The quantitative estimate of drug-likeness (QED) is 0.582. The van der Waals surface area contributed by atoms with Crippen LogP contribution < -0.4 is 0 Å². The molecule has 3 radical (unpaired) electrons. The number of hydrogen-bond acceptors (Lipinski definition) is 0. The summed E-state index contributed by atoms with van der Waals surface area (Å²) in [6, 6.07) is 10.4. The first kappa shape index (κ1) is 11.0. The zero-order chi connectivity index (χ0) is 7.40. The molecule has 1 rings (SSSR count). The molecule has 0 aromatic heterocycles. The molecule has 0 N–H and O–H groups in total. The Morgan fingerprint density at radius 3 is 2.18 bits per heavy atom. The van der Waals surface area contributed by atoms with Crippen molar-refractivity contribution in [2.24, 2.45) is 5.92 Å². The minimum atomic E-state index is 0. The number of hydrogen-bond donors (Lipinski definition) is 0. The van der Waals surface area contributed by atoms with E-state index in [9.17, 15) is 0 Å². The molecule has 0 aliphatic carbocycles. The highest BCUT2D eigenvalue weighted by molar-refractivity contribution is 5.75. The Morgan fingerprint density at radius 2 is 1.73 bits per heavy atom. The van der Waals surface area contributed by atoms with Gasteiger partial charge in [-0.1, -0.05) is 44.2 Å². The molecular formula is C10H15Mg. The van der Waals surface area contributed by atoms with Gasteiger partial charge in [0.25, 0.3) is 0 Å². The van der Waals surface area contributed by atoms with E-state index in [1.165, 1.54) is 5.56 Å². The summed E-state index contributed by atoms with van der Waals surface area (Å²) >= 11 is 0. The lowest BCUT2D eigenvalue weighted by Crippen LogP contribution is -1.88. The first-order valence-electron chi connectivity index (χ1n) is 3.69. The van der Waals surface area contributed by atoms with Gasteiger partial charge in [-0.05, 0) is 17.9 Å². The molecule has 0 fully saturated rings. The SMILES string of the molecule is CC(C)[CH]c1ccccc1.[HH].[Mg]. The predicted molar refractivity (Wildman–Crippen MR) is 52.6 cm³/mol. The largest absolute Gasteiger partial charge is 0.0622 e. The molecule has 0 saturated heterocycles. The van der Waals surface area contributed by atoms with Crippen molar-refractivity contribution < 1.29 is 1.43 Å². The van der Waals surface area contributed by atoms with Gasteiger partial charge in [0, 0.05) is 24.5 Å². The van der Waals surface area contributed by atoms with E-state index < -0.39 is 0 Å². The van der Waals surface area contributed by atoms with Crippen LogP contribution in [-0.2, 0) is 0 Å². The Kier molecular flexibility index (Phi) is 5.61. The van der Waals surface area contributed by atoms with Crippen molar-refractivity contribution in [1.82, 2.24) is 0 Å². The molecule has 11 heavy (non-hydrogen) atoms. The lowest BCUT2D eigenvalue weighted by molar-refractivity contribution is 0.776. The average molecular weight is 160 g/mol. The Labute approximate surface area is 86.6 Å². The Bertz CT molecular complexity index is 184. The minimum absolute atomic E-state index is 0. The second-order valence-corrected chi connectivity index (χ2v) is 2.82. The fourth-order valence-corrected chi connectivity index (χ4v) is 0.949. The normalized spacial score (nSPS) is 9.36. The molecule has 0 atom stereocenters. The van der Waals surface area contributed by atoms with Crippen molar-refractivity contribution in [3.05, 3.63) is 42.3 Å². The van der Waals surface area contributed by atoms with Crippen LogP contribution in [0.3, 0.4) is 0 Å². The zero-order valence-electron chi connectivity index (χ0n) is 7.25. The Morgan fingerprint density at radius 1 is 1.18 bits per heavy atom. The highest BCUT2D eigenvalue weighted by Crippen LogP contribution is 2.08. The Hall–Kier alpha value is -0.0138. The van der Waals surface area contributed by atoms with Crippen LogP contribution in [0.5, 0.6) is 0 Å². The molecule has 1 aromatic carbocycles. The highest BCUT2D eigenvalue weighted by Gasteiger charge is 1.94. The molecule has 0 aliphatic rings. The van der Waals surface area contributed by atoms with Crippen LogP contribution in [0.1, 0.15) is 20.8 Å². The maximum atomic E-state index is 2.25. The fourth-order valence-electron chi connectivity index (χ4n) is 0.949. The maximum Gasteiger partial charge on any atom is 0 e. The summed E-state index contributed by atoms with van der Waals surface area (Å²) in [6.07, 6.45) is 2.25. The summed E-state index contributed by atoms with van der Waals surface area (Å²) in [5.74, 6) is 0.641. The third-order valence-corrected chi connectivity index (χ3v) is 1.33. The van der Waals surface area contributed by atoms with Crippen molar-refractivity contribution in [2.75, 3.05) is 0 Å². The minimum Gasteiger partial charge on any atom is -0.0622 e. The van der Waals surface area contributed by atoms with Gasteiger partial charge < -0.3 is 0 Å². The smallest absolute Gasteiger partial charge is 0 e. The second kappa shape index (κ2) is 5.61. The fraction of sp³-hybridized carbons (Fsp3) is 0.300. The summed E-state index contributed by atoms with van der Waals surface area (Å²) < 4.78 is 0. The van der Waals surface area contributed by atoms with Crippen LogP contribution in [0.25, 0.3) is 0 Å². The summed E-state index contributed by atoms with van der Waals surface area (Å²) in [4.78, 5) is 0. The monoisotopic (exact) mass is 159 g/mol. The maximum absolute atomic E-state index is 2.25. The van der Waals surface area contributed by atoms with Crippen molar-refractivity contribution >= 4 is 23.1 Å². The molecule has 1 heteroatoms. The van der Waals surface area contributed by atoms with Gasteiger partial charge in [0.05, 0.1) is 0 Å². The Balaban J connectivity index is 0. The molecule has 0 nitrogen and oxygen atoms in total. The van der Waals surface area contributed by atoms with Crippen LogP contribution in [0.15, 0.2) is 30.3 Å². The van der Waals surface area contributed by atoms with Crippen LogP contribution >= 0.6 is 0 Å².